The fourth-order valence-electron chi connectivity index (χ4n) is 4.62. The van der Waals surface area contributed by atoms with E-state index in [9.17, 15) is 22.4 Å². The van der Waals surface area contributed by atoms with Gasteiger partial charge in [0.05, 0.1) is 18.0 Å². The number of carbonyl (C=O) groups excluding carboxylic acids is 1. The van der Waals surface area contributed by atoms with E-state index in [1.54, 1.807) is 18.2 Å². The number of carbonyl (C=O) groups is 2. The van der Waals surface area contributed by atoms with Crippen LogP contribution in [0.15, 0.2) is 36.7 Å². The number of anilines is 1. The van der Waals surface area contributed by atoms with E-state index >= 15 is 0 Å². The van der Waals surface area contributed by atoms with Crippen LogP contribution in [0.1, 0.15) is 25.0 Å². The van der Waals surface area contributed by atoms with Crippen molar-refractivity contribution in [3.8, 4) is 5.82 Å². The Bertz CT molecular complexity index is 1080. The molecule has 1 atom stereocenters. The summed E-state index contributed by atoms with van der Waals surface area (Å²) in [6.07, 6.45) is 0.187. The number of methoxy groups -OCH3 is 1. The van der Waals surface area contributed by atoms with Crippen molar-refractivity contribution in [2.75, 3.05) is 38.3 Å². The largest absolute Gasteiger partial charge is 0.490 e. The van der Waals surface area contributed by atoms with Crippen LogP contribution >= 0.6 is 0 Å². The van der Waals surface area contributed by atoms with Gasteiger partial charge in [0, 0.05) is 39.1 Å². The minimum absolute atomic E-state index is 0.346. The third-order valence-corrected chi connectivity index (χ3v) is 6.40. The molecule has 184 valence electrons. The standard InChI is InChI=1S/C20H23FN4O2.C2HF3O2/c1-27-13-12-25-15-4-2-9-22-17(15)24-10-3-5-16(24)20(25)8-11-23(14-20)18(26)19(21)6-7-19;3-2(4,5)1(6)7/h2-5,9-10H,6-8,11-14H2,1H3;(H,6,7). The van der Waals surface area contributed by atoms with Crippen molar-refractivity contribution in [1.29, 1.82) is 0 Å². The first kappa shape index (κ1) is 24.0. The Balaban J connectivity index is 0.000000344. The second kappa shape index (κ2) is 8.57. The number of ether oxygens (including phenoxy) is 1. The van der Waals surface area contributed by atoms with Gasteiger partial charge in [-0.15, -0.1) is 0 Å². The summed E-state index contributed by atoms with van der Waals surface area (Å²) in [4.78, 5) is 30.2. The Hall–Kier alpha value is -3.15. The van der Waals surface area contributed by atoms with Gasteiger partial charge in [0.15, 0.2) is 11.5 Å². The highest BCUT2D eigenvalue weighted by Crippen LogP contribution is 2.49. The summed E-state index contributed by atoms with van der Waals surface area (Å²) < 4.78 is 53.6. The lowest BCUT2D eigenvalue weighted by molar-refractivity contribution is -0.192. The lowest BCUT2D eigenvalue weighted by Gasteiger charge is -2.47. The minimum Gasteiger partial charge on any atom is -0.475 e. The molecule has 1 amide bonds. The number of pyridine rings is 1. The highest BCUT2D eigenvalue weighted by Gasteiger charge is 2.57. The lowest BCUT2D eigenvalue weighted by Crippen LogP contribution is -2.54. The Kier molecular flexibility index (Phi) is 6.05. The molecular weight excluding hydrogens is 460 g/mol. The summed E-state index contributed by atoms with van der Waals surface area (Å²) >= 11 is 0. The van der Waals surface area contributed by atoms with Crippen LogP contribution in [0.3, 0.4) is 0 Å². The Morgan fingerprint density at radius 2 is 1.91 bits per heavy atom. The van der Waals surface area contributed by atoms with Crippen LogP contribution < -0.4 is 4.90 Å². The summed E-state index contributed by atoms with van der Waals surface area (Å²) in [5.74, 6) is -2.22. The van der Waals surface area contributed by atoms with E-state index in [0.717, 1.165) is 23.6 Å². The topological polar surface area (TPSA) is 87.9 Å². The van der Waals surface area contributed by atoms with E-state index in [0.29, 0.717) is 39.1 Å². The van der Waals surface area contributed by atoms with Gasteiger partial charge in [-0.1, -0.05) is 0 Å². The smallest absolute Gasteiger partial charge is 0.475 e. The zero-order valence-corrected chi connectivity index (χ0v) is 18.4. The van der Waals surface area contributed by atoms with Crippen LogP contribution in [-0.2, 0) is 19.9 Å². The van der Waals surface area contributed by atoms with E-state index < -0.39 is 17.8 Å². The molecular formula is C22H24F4N4O4. The van der Waals surface area contributed by atoms with Crippen molar-refractivity contribution in [3.63, 3.8) is 0 Å². The van der Waals surface area contributed by atoms with Crippen LogP contribution in [-0.4, -0.2) is 76.6 Å². The van der Waals surface area contributed by atoms with Crippen molar-refractivity contribution in [1.82, 2.24) is 14.5 Å². The maximum atomic E-state index is 14.4. The van der Waals surface area contributed by atoms with Crippen molar-refractivity contribution in [2.45, 2.75) is 36.6 Å². The highest BCUT2D eigenvalue weighted by atomic mass is 19.4. The summed E-state index contributed by atoms with van der Waals surface area (Å²) in [6, 6.07) is 8.09. The van der Waals surface area contributed by atoms with Crippen LogP contribution in [0.2, 0.25) is 0 Å². The van der Waals surface area contributed by atoms with Gasteiger partial charge >= 0.3 is 12.1 Å². The molecule has 8 nitrogen and oxygen atoms in total. The van der Waals surface area contributed by atoms with Crippen molar-refractivity contribution < 1.29 is 37.0 Å². The number of aromatic nitrogens is 2. The molecule has 4 heterocycles. The number of halogens is 4. The first-order valence-corrected chi connectivity index (χ1v) is 10.7. The average molecular weight is 484 g/mol. The minimum atomic E-state index is -5.08. The van der Waals surface area contributed by atoms with E-state index in [4.69, 9.17) is 14.6 Å². The first-order valence-electron chi connectivity index (χ1n) is 10.7. The van der Waals surface area contributed by atoms with E-state index in [1.807, 2.05) is 18.3 Å². The lowest BCUT2D eigenvalue weighted by atomic mass is 9.89. The molecule has 1 saturated carbocycles. The number of hydrogen-bond donors (Lipinski definition) is 1. The maximum absolute atomic E-state index is 14.4. The van der Waals surface area contributed by atoms with Gasteiger partial charge in [-0.2, -0.15) is 13.2 Å². The molecule has 1 N–H and O–H groups in total. The van der Waals surface area contributed by atoms with Crippen LogP contribution in [0.25, 0.3) is 5.82 Å². The van der Waals surface area contributed by atoms with Crippen LogP contribution in [0, 0.1) is 0 Å². The molecule has 12 heteroatoms. The van der Waals surface area contributed by atoms with E-state index in [-0.39, 0.29) is 11.4 Å². The predicted octanol–water partition coefficient (Wildman–Crippen LogP) is 2.90. The Morgan fingerprint density at radius 1 is 1.21 bits per heavy atom. The number of carboxylic acid groups (broad SMARTS) is 1. The number of aliphatic carboxylic acids is 1. The van der Waals surface area contributed by atoms with E-state index in [2.05, 4.69) is 26.6 Å². The third-order valence-electron chi connectivity index (χ3n) is 6.40. The molecule has 3 aliphatic rings. The molecule has 1 spiro atoms. The molecule has 1 unspecified atom stereocenters. The summed E-state index contributed by atoms with van der Waals surface area (Å²) in [5, 5.41) is 7.12. The SMILES string of the molecule is COCCN1c2cccnc2-n2cccc2C12CCN(C(=O)C1(F)CC1)C2.O=C(O)C(F)(F)F. The fraction of sp³-hybridized carbons (Fsp3) is 0.500. The summed E-state index contributed by atoms with van der Waals surface area (Å²) in [7, 11) is 1.69. The van der Waals surface area contributed by atoms with E-state index in [1.165, 1.54) is 0 Å². The van der Waals surface area contributed by atoms with Gasteiger partial charge in [-0.3, -0.25) is 4.79 Å². The number of carboxylic acids is 1. The molecule has 1 aliphatic carbocycles. The van der Waals surface area contributed by atoms with Gasteiger partial charge in [0.1, 0.15) is 5.54 Å². The predicted molar refractivity (Wildman–Crippen MR) is 112 cm³/mol. The Labute approximate surface area is 192 Å². The number of nitrogens with zero attached hydrogens (tertiary/aromatic N) is 4. The van der Waals surface area contributed by atoms with Crippen molar-refractivity contribution in [3.05, 3.63) is 42.4 Å². The van der Waals surface area contributed by atoms with Gasteiger partial charge in [0.2, 0.25) is 0 Å². The first-order chi connectivity index (χ1) is 16.0. The molecule has 2 fully saturated rings. The Morgan fingerprint density at radius 3 is 2.53 bits per heavy atom. The number of hydrogen-bond acceptors (Lipinski definition) is 5. The van der Waals surface area contributed by atoms with Crippen molar-refractivity contribution in [2.24, 2.45) is 0 Å². The molecule has 2 aromatic rings. The van der Waals surface area contributed by atoms with Crippen molar-refractivity contribution >= 4 is 17.6 Å². The number of alkyl halides is 4. The quantitative estimate of drug-likeness (QED) is 0.672. The molecule has 0 aromatic carbocycles. The average Bonchev–Trinajstić information content (AvgIpc) is 3.18. The zero-order valence-electron chi connectivity index (χ0n) is 18.4. The molecule has 0 bridgehead atoms. The molecule has 5 rings (SSSR count). The number of likely N-dealkylation sites (tertiary alicyclic amines) is 1. The molecule has 0 radical (unpaired) electrons. The molecule has 2 aliphatic heterocycles. The monoisotopic (exact) mass is 484 g/mol. The second-order valence-electron chi connectivity index (χ2n) is 8.53. The van der Waals surface area contributed by atoms with Gasteiger partial charge in [-0.05, 0) is 43.5 Å². The fourth-order valence-corrected chi connectivity index (χ4v) is 4.62. The van der Waals surface area contributed by atoms with Gasteiger partial charge in [-0.25, -0.2) is 14.2 Å². The maximum Gasteiger partial charge on any atom is 0.490 e. The second-order valence-corrected chi connectivity index (χ2v) is 8.53. The van der Waals surface area contributed by atoms with Crippen LogP contribution in [0.4, 0.5) is 23.2 Å². The summed E-state index contributed by atoms with van der Waals surface area (Å²) in [5.41, 5.74) is 0.107. The van der Waals surface area contributed by atoms with Gasteiger partial charge in [0.25, 0.3) is 5.91 Å². The highest BCUT2D eigenvalue weighted by molar-refractivity contribution is 5.88. The molecule has 2 aromatic heterocycles. The number of fused-ring (bicyclic) bond motifs is 4. The third kappa shape index (κ3) is 4.10. The number of rotatable bonds is 4. The van der Waals surface area contributed by atoms with Gasteiger partial charge < -0.3 is 24.2 Å². The molecule has 34 heavy (non-hydrogen) atoms. The number of amides is 1. The van der Waals surface area contributed by atoms with Crippen LogP contribution in [0.5, 0.6) is 0 Å². The normalized spacial score (nSPS) is 22.0. The summed E-state index contributed by atoms with van der Waals surface area (Å²) in [6.45, 7) is 2.30. The molecule has 1 saturated heterocycles. The zero-order chi connectivity index (χ0) is 24.7.